The summed E-state index contributed by atoms with van der Waals surface area (Å²) >= 11 is 6.41. The summed E-state index contributed by atoms with van der Waals surface area (Å²) in [5.41, 5.74) is 2.32. The first kappa shape index (κ1) is 19.7. The molecular formula is C22H27ClN2O2. The number of carbonyl (C=O) groups is 1. The monoisotopic (exact) mass is 386 g/mol. The summed E-state index contributed by atoms with van der Waals surface area (Å²) in [6, 6.07) is 15.8. The highest BCUT2D eigenvalue weighted by Crippen LogP contribution is 2.29. The van der Waals surface area contributed by atoms with E-state index in [-0.39, 0.29) is 18.6 Å². The first-order chi connectivity index (χ1) is 13.2. The average molecular weight is 387 g/mol. The first-order valence-electron chi connectivity index (χ1n) is 9.64. The van der Waals surface area contributed by atoms with Crippen LogP contribution in [-0.2, 0) is 11.2 Å². The highest BCUT2D eigenvalue weighted by Gasteiger charge is 2.25. The molecule has 1 aliphatic heterocycles. The molecule has 27 heavy (non-hydrogen) atoms. The number of likely N-dealkylation sites (tertiary alicyclic amines) is 1. The fourth-order valence-electron chi connectivity index (χ4n) is 3.47. The summed E-state index contributed by atoms with van der Waals surface area (Å²) in [5, 5.41) is 3.76. The molecule has 2 aromatic rings. The molecule has 1 atom stereocenters. The van der Waals surface area contributed by atoms with Gasteiger partial charge in [0.1, 0.15) is 5.75 Å². The molecule has 0 spiro atoms. The van der Waals surface area contributed by atoms with Crippen LogP contribution in [-0.4, -0.2) is 37.0 Å². The summed E-state index contributed by atoms with van der Waals surface area (Å²) in [5.74, 6) is 0.593. The predicted molar refractivity (Wildman–Crippen MR) is 109 cm³/mol. The van der Waals surface area contributed by atoms with E-state index in [9.17, 15) is 4.79 Å². The molecule has 144 valence electrons. The van der Waals surface area contributed by atoms with Gasteiger partial charge < -0.3 is 10.1 Å². The van der Waals surface area contributed by atoms with Crippen LogP contribution in [0.1, 0.15) is 36.9 Å². The Kier molecular flexibility index (Phi) is 7.13. The maximum Gasteiger partial charge on any atom is 0.258 e. The molecule has 1 saturated heterocycles. The third kappa shape index (κ3) is 5.47. The number of nitrogens with one attached hydrogen (secondary N) is 1. The van der Waals surface area contributed by atoms with Crippen LogP contribution in [0.4, 0.5) is 0 Å². The number of rotatable bonds is 8. The molecule has 5 heteroatoms. The van der Waals surface area contributed by atoms with Gasteiger partial charge in [0, 0.05) is 11.6 Å². The Morgan fingerprint density at radius 1 is 1.15 bits per heavy atom. The van der Waals surface area contributed by atoms with E-state index in [1.165, 1.54) is 18.4 Å². The van der Waals surface area contributed by atoms with Gasteiger partial charge in [0.2, 0.25) is 0 Å². The minimum atomic E-state index is -0.120. The predicted octanol–water partition coefficient (Wildman–Crippen LogP) is 4.23. The molecule has 0 unspecified atom stereocenters. The van der Waals surface area contributed by atoms with Gasteiger partial charge in [0.05, 0.1) is 6.04 Å². The maximum absolute atomic E-state index is 12.3. The summed E-state index contributed by atoms with van der Waals surface area (Å²) in [4.78, 5) is 14.7. The fraction of sp³-hybridized carbons (Fsp3) is 0.409. The second kappa shape index (κ2) is 9.77. The standard InChI is InChI=1S/C22H27ClN2O2/c1-2-17-9-11-18(12-10-17)27-16-22(26)24-15-21(25-13-5-6-14-25)19-7-3-4-8-20(19)23/h3-4,7-12,21H,2,5-6,13-16H2,1H3,(H,24,26)/t21-/m1/s1. The molecule has 0 radical (unpaired) electrons. The average Bonchev–Trinajstić information content (AvgIpc) is 3.23. The van der Waals surface area contributed by atoms with Crippen LogP contribution in [0, 0.1) is 0 Å². The minimum absolute atomic E-state index is 0.0146. The molecule has 2 aromatic carbocycles. The number of benzene rings is 2. The zero-order chi connectivity index (χ0) is 19.1. The molecule has 3 rings (SSSR count). The number of amides is 1. The Bertz CT molecular complexity index is 742. The van der Waals surface area contributed by atoms with E-state index in [4.69, 9.17) is 16.3 Å². The molecule has 1 N–H and O–H groups in total. The Labute approximate surface area is 166 Å². The lowest BCUT2D eigenvalue weighted by molar-refractivity contribution is -0.123. The Balaban J connectivity index is 1.56. The number of carbonyl (C=O) groups excluding carboxylic acids is 1. The summed E-state index contributed by atoms with van der Waals surface area (Å²) < 4.78 is 5.60. The summed E-state index contributed by atoms with van der Waals surface area (Å²) in [6.07, 6.45) is 3.36. The Hall–Kier alpha value is -2.04. The molecular weight excluding hydrogens is 360 g/mol. The van der Waals surface area contributed by atoms with E-state index in [0.29, 0.717) is 12.3 Å². The van der Waals surface area contributed by atoms with E-state index < -0.39 is 0 Å². The van der Waals surface area contributed by atoms with Crippen molar-refractivity contribution in [1.82, 2.24) is 10.2 Å². The van der Waals surface area contributed by atoms with E-state index in [2.05, 4.69) is 17.1 Å². The zero-order valence-electron chi connectivity index (χ0n) is 15.8. The molecule has 0 aliphatic carbocycles. The molecule has 1 amide bonds. The lowest BCUT2D eigenvalue weighted by atomic mass is 10.1. The lowest BCUT2D eigenvalue weighted by Crippen LogP contribution is -2.38. The maximum atomic E-state index is 12.3. The van der Waals surface area contributed by atoms with Gasteiger partial charge in [-0.05, 0) is 61.7 Å². The van der Waals surface area contributed by atoms with Crippen LogP contribution >= 0.6 is 11.6 Å². The first-order valence-corrected chi connectivity index (χ1v) is 10.0. The molecule has 0 aromatic heterocycles. The van der Waals surface area contributed by atoms with Crippen molar-refractivity contribution < 1.29 is 9.53 Å². The number of hydrogen-bond acceptors (Lipinski definition) is 3. The highest BCUT2D eigenvalue weighted by molar-refractivity contribution is 6.31. The number of ether oxygens (including phenoxy) is 1. The quantitative estimate of drug-likeness (QED) is 0.738. The summed E-state index contributed by atoms with van der Waals surface area (Å²) in [6.45, 7) is 4.72. The summed E-state index contributed by atoms with van der Waals surface area (Å²) in [7, 11) is 0. The van der Waals surface area contributed by atoms with Crippen molar-refractivity contribution in [3.63, 3.8) is 0 Å². The minimum Gasteiger partial charge on any atom is -0.484 e. The third-order valence-electron chi connectivity index (χ3n) is 5.04. The zero-order valence-corrected chi connectivity index (χ0v) is 16.5. The second-order valence-corrected chi connectivity index (χ2v) is 7.28. The van der Waals surface area contributed by atoms with Crippen LogP contribution in [0.2, 0.25) is 5.02 Å². The number of aryl methyl sites for hydroxylation is 1. The van der Waals surface area contributed by atoms with Gasteiger partial charge in [-0.3, -0.25) is 9.69 Å². The molecule has 1 heterocycles. The van der Waals surface area contributed by atoms with Crippen molar-refractivity contribution >= 4 is 17.5 Å². The van der Waals surface area contributed by atoms with Gasteiger partial charge in [-0.15, -0.1) is 0 Å². The van der Waals surface area contributed by atoms with Crippen molar-refractivity contribution in [2.45, 2.75) is 32.2 Å². The molecule has 1 fully saturated rings. The van der Waals surface area contributed by atoms with E-state index in [1.54, 1.807) is 0 Å². The Morgan fingerprint density at radius 3 is 2.52 bits per heavy atom. The lowest BCUT2D eigenvalue weighted by Gasteiger charge is -2.29. The van der Waals surface area contributed by atoms with Crippen molar-refractivity contribution in [2.24, 2.45) is 0 Å². The molecule has 0 saturated carbocycles. The normalized spacial score (nSPS) is 15.5. The van der Waals surface area contributed by atoms with Gasteiger partial charge in [-0.2, -0.15) is 0 Å². The van der Waals surface area contributed by atoms with Crippen LogP contribution in [0.25, 0.3) is 0 Å². The molecule has 0 bridgehead atoms. The van der Waals surface area contributed by atoms with Crippen LogP contribution in [0.15, 0.2) is 48.5 Å². The molecule has 4 nitrogen and oxygen atoms in total. The number of nitrogens with zero attached hydrogens (tertiary/aromatic N) is 1. The van der Waals surface area contributed by atoms with Crippen molar-refractivity contribution in [1.29, 1.82) is 0 Å². The van der Waals surface area contributed by atoms with Gasteiger partial charge in [0.25, 0.3) is 5.91 Å². The highest BCUT2D eigenvalue weighted by atomic mass is 35.5. The fourth-order valence-corrected chi connectivity index (χ4v) is 3.73. The Morgan fingerprint density at radius 2 is 1.85 bits per heavy atom. The van der Waals surface area contributed by atoms with Crippen molar-refractivity contribution in [2.75, 3.05) is 26.2 Å². The molecule has 1 aliphatic rings. The van der Waals surface area contributed by atoms with Crippen molar-refractivity contribution in [3.05, 3.63) is 64.7 Å². The van der Waals surface area contributed by atoms with Gasteiger partial charge in [0.15, 0.2) is 6.61 Å². The smallest absolute Gasteiger partial charge is 0.258 e. The largest absolute Gasteiger partial charge is 0.484 e. The SMILES string of the molecule is CCc1ccc(OCC(=O)NC[C@H](c2ccccc2Cl)N2CCCC2)cc1. The van der Waals surface area contributed by atoms with Gasteiger partial charge in [-0.1, -0.05) is 48.9 Å². The van der Waals surface area contributed by atoms with E-state index in [1.807, 2.05) is 48.5 Å². The second-order valence-electron chi connectivity index (χ2n) is 6.87. The van der Waals surface area contributed by atoms with E-state index >= 15 is 0 Å². The number of halogens is 1. The van der Waals surface area contributed by atoms with Crippen LogP contribution in [0.5, 0.6) is 5.75 Å². The third-order valence-corrected chi connectivity index (χ3v) is 5.38. The number of hydrogen-bond donors (Lipinski definition) is 1. The van der Waals surface area contributed by atoms with Crippen LogP contribution < -0.4 is 10.1 Å². The van der Waals surface area contributed by atoms with E-state index in [0.717, 1.165) is 30.1 Å². The van der Waals surface area contributed by atoms with Gasteiger partial charge in [-0.25, -0.2) is 0 Å². The van der Waals surface area contributed by atoms with Crippen molar-refractivity contribution in [3.8, 4) is 5.75 Å². The topological polar surface area (TPSA) is 41.6 Å². The van der Waals surface area contributed by atoms with Gasteiger partial charge >= 0.3 is 0 Å². The van der Waals surface area contributed by atoms with Crippen LogP contribution in [0.3, 0.4) is 0 Å².